The highest BCUT2D eigenvalue weighted by molar-refractivity contribution is 7.55. The molecule has 0 aliphatic rings. The van der Waals surface area contributed by atoms with Crippen molar-refractivity contribution < 1.29 is 0 Å². The SMILES string of the molecule is CCc1ccccc1[P]c1ccccc1CC.Cl. The Balaban J connectivity index is 0.00000162. The van der Waals surface area contributed by atoms with E-state index in [1.54, 1.807) is 0 Å². The van der Waals surface area contributed by atoms with E-state index in [1.165, 1.54) is 30.3 Å². The molecule has 0 bridgehead atoms. The Hall–Kier alpha value is -0.840. The molecule has 0 fully saturated rings. The molecule has 2 heteroatoms. The van der Waals surface area contributed by atoms with E-state index in [1.807, 2.05) is 0 Å². The van der Waals surface area contributed by atoms with Gasteiger partial charge in [-0.1, -0.05) is 62.4 Å². The topological polar surface area (TPSA) is 0 Å². The summed E-state index contributed by atoms with van der Waals surface area (Å²) in [6.45, 7) is 4.44. The fourth-order valence-corrected chi connectivity index (χ4v) is 3.30. The molecule has 0 spiro atoms. The predicted molar refractivity (Wildman–Crippen MR) is 85.1 cm³/mol. The fraction of sp³-hybridized carbons (Fsp3) is 0.250. The van der Waals surface area contributed by atoms with E-state index in [9.17, 15) is 0 Å². The minimum Gasteiger partial charge on any atom is -0.147 e. The van der Waals surface area contributed by atoms with Crippen LogP contribution in [0.1, 0.15) is 25.0 Å². The second kappa shape index (κ2) is 7.56. The van der Waals surface area contributed by atoms with Crippen molar-refractivity contribution in [3.05, 3.63) is 59.7 Å². The van der Waals surface area contributed by atoms with Gasteiger partial charge in [0.25, 0.3) is 0 Å². The molecule has 0 saturated carbocycles. The van der Waals surface area contributed by atoms with Crippen molar-refractivity contribution >= 4 is 31.6 Å². The van der Waals surface area contributed by atoms with Crippen LogP contribution in [0.5, 0.6) is 0 Å². The highest BCUT2D eigenvalue weighted by Crippen LogP contribution is 2.16. The maximum atomic E-state index is 2.24. The second-order valence-corrected chi connectivity index (χ2v) is 5.26. The quantitative estimate of drug-likeness (QED) is 0.737. The average Bonchev–Trinajstić information content (AvgIpc) is 2.40. The lowest BCUT2D eigenvalue weighted by Gasteiger charge is -2.10. The fourth-order valence-electron chi connectivity index (χ4n) is 1.97. The van der Waals surface area contributed by atoms with E-state index in [0.717, 1.165) is 12.8 Å². The number of halogens is 1. The molecular formula is C16H19ClP. The summed E-state index contributed by atoms with van der Waals surface area (Å²) in [5.41, 5.74) is 2.92. The van der Waals surface area contributed by atoms with E-state index < -0.39 is 0 Å². The first-order chi connectivity index (χ1) is 8.35. The summed E-state index contributed by atoms with van der Waals surface area (Å²) in [6.07, 6.45) is 2.22. The molecular weight excluding hydrogens is 259 g/mol. The summed E-state index contributed by atoms with van der Waals surface area (Å²) in [5.74, 6) is 0. The zero-order valence-corrected chi connectivity index (χ0v) is 12.6. The van der Waals surface area contributed by atoms with Crippen molar-refractivity contribution in [2.45, 2.75) is 26.7 Å². The molecule has 95 valence electrons. The van der Waals surface area contributed by atoms with Crippen molar-refractivity contribution in [2.75, 3.05) is 0 Å². The number of aryl methyl sites for hydroxylation is 2. The van der Waals surface area contributed by atoms with Gasteiger partial charge >= 0.3 is 0 Å². The maximum Gasteiger partial charge on any atom is -0.00945 e. The van der Waals surface area contributed by atoms with Gasteiger partial charge in [-0.25, -0.2) is 0 Å². The number of benzene rings is 2. The van der Waals surface area contributed by atoms with Crippen LogP contribution in [0.3, 0.4) is 0 Å². The Morgan fingerprint density at radius 3 is 1.50 bits per heavy atom. The summed E-state index contributed by atoms with van der Waals surface area (Å²) in [4.78, 5) is 0. The molecule has 0 aliphatic heterocycles. The van der Waals surface area contributed by atoms with E-state index >= 15 is 0 Å². The van der Waals surface area contributed by atoms with E-state index in [2.05, 4.69) is 62.4 Å². The van der Waals surface area contributed by atoms with Crippen LogP contribution in [0.15, 0.2) is 48.5 Å². The standard InChI is InChI=1S/C16H18P.ClH/c1-3-13-9-5-7-11-15(13)17-16-12-8-6-10-14(16)4-2;/h5-12H,3-4H2,1-2H3;1H. The van der Waals surface area contributed by atoms with Crippen molar-refractivity contribution in [3.8, 4) is 0 Å². The second-order valence-electron chi connectivity index (χ2n) is 4.08. The number of rotatable bonds is 4. The lowest BCUT2D eigenvalue weighted by Crippen LogP contribution is -2.11. The first-order valence-electron chi connectivity index (χ1n) is 6.22. The van der Waals surface area contributed by atoms with Crippen LogP contribution in [-0.4, -0.2) is 0 Å². The highest BCUT2D eigenvalue weighted by atomic mass is 35.5. The molecule has 0 amide bonds. The minimum absolute atomic E-state index is 0. The molecule has 0 aromatic heterocycles. The summed E-state index contributed by atoms with van der Waals surface area (Å²) in [5, 5.41) is 2.88. The van der Waals surface area contributed by atoms with Crippen LogP contribution in [0.2, 0.25) is 0 Å². The zero-order valence-electron chi connectivity index (χ0n) is 10.9. The minimum atomic E-state index is 0. The van der Waals surface area contributed by atoms with Gasteiger partial charge < -0.3 is 0 Å². The Kier molecular flexibility index (Phi) is 6.39. The van der Waals surface area contributed by atoms with Gasteiger partial charge in [0.1, 0.15) is 0 Å². The monoisotopic (exact) mass is 277 g/mol. The average molecular weight is 278 g/mol. The van der Waals surface area contributed by atoms with E-state index in [0.29, 0.717) is 0 Å². The van der Waals surface area contributed by atoms with Crippen LogP contribution in [0.25, 0.3) is 0 Å². The molecule has 0 N–H and O–H groups in total. The molecule has 18 heavy (non-hydrogen) atoms. The smallest absolute Gasteiger partial charge is 0.00945 e. The third kappa shape index (κ3) is 3.57. The van der Waals surface area contributed by atoms with Crippen molar-refractivity contribution in [1.82, 2.24) is 0 Å². The zero-order chi connectivity index (χ0) is 12.1. The third-order valence-corrected chi connectivity index (χ3v) is 4.34. The van der Waals surface area contributed by atoms with Gasteiger partial charge in [-0.3, -0.25) is 0 Å². The van der Waals surface area contributed by atoms with Crippen molar-refractivity contribution in [2.24, 2.45) is 0 Å². The lowest BCUT2D eigenvalue weighted by atomic mass is 10.2. The van der Waals surface area contributed by atoms with E-state index in [-0.39, 0.29) is 12.4 Å². The molecule has 0 saturated heterocycles. The maximum absolute atomic E-state index is 2.24. The molecule has 0 atom stereocenters. The summed E-state index contributed by atoms with van der Waals surface area (Å²) in [7, 11) is 1.34. The number of hydrogen-bond donors (Lipinski definition) is 0. The first-order valence-corrected chi connectivity index (χ1v) is 7.12. The van der Waals surface area contributed by atoms with Crippen LogP contribution < -0.4 is 10.6 Å². The molecule has 2 rings (SSSR count). The van der Waals surface area contributed by atoms with E-state index in [4.69, 9.17) is 0 Å². The normalized spacial score (nSPS) is 9.89. The Bertz CT molecular complexity index is 448. The molecule has 1 radical (unpaired) electrons. The van der Waals surface area contributed by atoms with Gasteiger partial charge in [-0.15, -0.1) is 12.4 Å². The number of hydrogen-bond acceptors (Lipinski definition) is 0. The largest absolute Gasteiger partial charge is 0.147 e. The molecule has 0 aliphatic carbocycles. The van der Waals surface area contributed by atoms with Gasteiger partial charge in [-0.05, 0) is 43.2 Å². The summed E-state index contributed by atoms with van der Waals surface area (Å²) in [6, 6.07) is 17.5. The summed E-state index contributed by atoms with van der Waals surface area (Å²) >= 11 is 0. The van der Waals surface area contributed by atoms with Crippen LogP contribution in [-0.2, 0) is 12.8 Å². The highest BCUT2D eigenvalue weighted by Gasteiger charge is 2.05. The van der Waals surface area contributed by atoms with Gasteiger partial charge in [0.2, 0.25) is 0 Å². The third-order valence-electron chi connectivity index (χ3n) is 2.99. The van der Waals surface area contributed by atoms with Crippen LogP contribution in [0, 0.1) is 0 Å². The Morgan fingerprint density at radius 1 is 0.722 bits per heavy atom. The van der Waals surface area contributed by atoms with Crippen molar-refractivity contribution in [1.29, 1.82) is 0 Å². The lowest BCUT2D eigenvalue weighted by molar-refractivity contribution is 1.15. The molecule has 0 unspecified atom stereocenters. The van der Waals surface area contributed by atoms with Crippen LogP contribution >= 0.6 is 21.0 Å². The first kappa shape index (κ1) is 15.2. The Labute approximate surface area is 118 Å². The molecule has 0 heterocycles. The molecule has 2 aromatic rings. The molecule has 2 aromatic carbocycles. The van der Waals surface area contributed by atoms with Gasteiger partial charge in [0, 0.05) is 0 Å². The summed E-state index contributed by atoms with van der Waals surface area (Å²) < 4.78 is 0. The predicted octanol–water partition coefficient (Wildman–Crippen LogP) is 4.13. The van der Waals surface area contributed by atoms with Gasteiger partial charge in [0.05, 0.1) is 0 Å². The van der Waals surface area contributed by atoms with Crippen molar-refractivity contribution in [3.63, 3.8) is 0 Å². The van der Waals surface area contributed by atoms with Gasteiger partial charge in [0.15, 0.2) is 0 Å². The Morgan fingerprint density at radius 2 is 1.11 bits per heavy atom. The van der Waals surface area contributed by atoms with Gasteiger partial charge in [-0.2, -0.15) is 0 Å². The van der Waals surface area contributed by atoms with Crippen LogP contribution in [0.4, 0.5) is 0 Å². The molecule has 0 nitrogen and oxygen atoms in total.